The van der Waals surface area contributed by atoms with Crippen molar-refractivity contribution in [2.45, 2.75) is 30.4 Å². The van der Waals surface area contributed by atoms with Gasteiger partial charge in [0.2, 0.25) is 0 Å². The van der Waals surface area contributed by atoms with Crippen molar-refractivity contribution >= 4 is 23.4 Å². The van der Waals surface area contributed by atoms with Crippen LogP contribution in [-0.2, 0) is 11.3 Å². The lowest BCUT2D eigenvalue weighted by Gasteiger charge is -2.10. The van der Waals surface area contributed by atoms with Crippen LogP contribution in [0.25, 0.3) is 0 Å². The van der Waals surface area contributed by atoms with Gasteiger partial charge in [-0.3, -0.25) is 4.57 Å². The Morgan fingerprint density at radius 1 is 1.48 bits per heavy atom. The fourth-order valence-electron chi connectivity index (χ4n) is 1.79. The second kappa shape index (κ2) is 6.49. The minimum Gasteiger partial charge on any atom is -0.462 e. The average Bonchev–Trinajstić information content (AvgIpc) is 2.81. The molecule has 8 heteroatoms. The van der Waals surface area contributed by atoms with Crippen molar-refractivity contribution in [2.24, 2.45) is 0 Å². The van der Waals surface area contributed by atoms with Gasteiger partial charge in [-0.25, -0.2) is 14.7 Å². The standard InChI is InChI=1S/C13H16N4O3S/c1-3-17-12(19)15-16-13(17)21-10-8(11(18)20-4-2)6-5-7-9(10)14/h5-7H,3-4,14H2,1-2H3,(H,15,19). The number of esters is 1. The lowest BCUT2D eigenvalue weighted by atomic mass is 10.2. The fourth-order valence-corrected chi connectivity index (χ4v) is 2.83. The summed E-state index contributed by atoms with van der Waals surface area (Å²) in [5, 5.41) is 6.78. The van der Waals surface area contributed by atoms with Gasteiger partial charge in [-0.15, -0.1) is 5.10 Å². The first-order valence-electron chi connectivity index (χ1n) is 6.47. The molecule has 0 bridgehead atoms. The van der Waals surface area contributed by atoms with E-state index < -0.39 is 5.97 Å². The van der Waals surface area contributed by atoms with Gasteiger partial charge >= 0.3 is 11.7 Å². The number of carbonyl (C=O) groups excluding carboxylic acids is 1. The van der Waals surface area contributed by atoms with E-state index >= 15 is 0 Å². The van der Waals surface area contributed by atoms with E-state index in [2.05, 4.69) is 10.2 Å². The summed E-state index contributed by atoms with van der Waals surface area (Å²) in [6.45, 7) is 4.32. The highest BCUT2D eigenvalue weighted by Crippen LogP contribution is 2.33. The largest absolute Gasteiger partial charge is 0.462 e. The zero-order valence-electron chi connectivity index (χ0n) is 11.8. The highest BCUT2D eigenvalue weighted by Gasteiger charge is 2.18. The van der Waals surface area contributed by atoms with Crippen LogP contribution < -0.4 is 11.4 Å². The van der Waals surface area contributed by atoms with Gasteiger partial charge in [0.25, 0.3) is 0 Å². The van der Waals surface area contributed by atoms with E-state index in [1.54, 1.807) is 25.1 Å². The number of nitrogens with zero attached hydrogens (tertiary/aromatic N) is 2. The summed E-state index contributed by atoms with van der Waals surface area (Å²) in [5.41, 5.74) is 6.44. The number of nitrogen functional groups attached to an aromatic ring is 1. The topological polar surface area (TPSA) is 103 Å². The van der Waals surface area contributed by atoms with Gasteiger partial charge in [0.05, 0.1) is 17.1 Å². The Labute approximate surface area is 125 Å². The number of ether oxygens (including phenoxy) is 1. The molecule has 0 radical (unpaired) electrons. The number of anilines is 1. The van der Waals surface area contributed by atoms with E-state index in [0.29, 0.717) is 27.8 Å². The molecule has 2 aromatic rings. The molecule has 7 nitrogen and oxygen atoms in total. The monoisotopic (exact) mass is 308 g/mol. The van der Waals surface area contributed by atoms with Crippen LogP contribution in [0.15, 0.2) is 33.0 Å². The summed E-state index contributed by atoms with van der Waals surface area (Å²) in [6.07, 6.45) is 0. The third kappa shape index (κ3) is 3.10. The van der Waals surface area contributed by atoms with Gasteiger partial charge in [0, 0.05) is 12.2 Å². The molecular formula is C13H16N4O3S. The molecule has 1 aromatic carbocycles. The highest BCUT2D eigenvalue weighted by molar-refractivity contribution is 7.99. The summed E-state index contributed by atoms with van der Waals surface area (Å²) >= 11 is 1.16. The molecule has 0 fully saturated rings. The third-order valence-corrected chi connectivity index (χ3v) is 3.93. The molecule has 1 aromatic heterocycles. The zero-order chi connectivity index (χ0) is 15.4. The van der Waals surface area contributed by atoms with Crippen LogP contribution in [0.5, 0.6) is 0 Å². The maximum atomic E-state index is 12.0. The number of nitrogens with one attached hydrogen (secondary N) is 1. The molecule has 0 aliphatic heterocycles. The Hall–Kier alpha value is -2.22. The van der Waals surface area contributed by atoms with E-state index in [1.807, 2.05) is 6.92 Å². The van der Waals surface area contributed by atoms with Crippen LogP contribution >= 0.6 is 11.8 Å². The Morgan fingerprint density at radius 3 is 2.90 bits per heavy atom. The van der Waals surface area contributed by atoms with E-state index in [-0.39, 0.29) is 12.3 Å². The van der Waals surface area contributed by atoms with E-state index in [0.717, 1.165) is 11.8 Å². The first-order chi connectivity index (χ1) is 10.1. The molecule has 21 heavy (non-hydrogen) atoms. The second-order valence-corrected chi connectivity index (χ2v) is 5.08. The predicted octanol–water partition coefficient (Wildman–Crippen LogP) is 1.50. The minimum atomic E-state index is -0.451. The van der Waals surface area contributed by atoms with Crippen molar-refractivity contribution in [2.75, 3.05) is 12.3 Å². The van der Waals surface area contributed by atoms with Crippen molar-refractivity contribution < 1.29 is 9.53 Å². The molecule has 0 atom stereocenters. The van der Waals surface area contributed by atoms with Gasteiger partial charge in [-0.05, 0) is 37.7 Å². The molecular weight excluding hydrogens is 292 g/mol. The Bertz CT molecular complexity index is 708. The first-order valence-corrected chi connectivity index (χ1v) is 7.28. The molecule has 3 N–H and O–H groups in total. The van der Waals surface area contributed by atoms with Gasteiger partial charge in [0.15, 0.2) is 5.16 Å². The Morgan fingerprint density at radius 2 is 2.24 bits per heavy atom. The van der Waals surface area contributed by atoms with Crippen LogP contribution in [0, 0.1) is 0 Å². The number of aromatic amines is 1. The fraction of sp³-hybridized carbons (Fsp3) is 0.308. The van der Waals surface area contributed by atoms with Gasteiger partial charge in [-0.1, -0.05) is 6.07 Å². The number of aromatic nitrogens is 3. The smallest absolute Gasteiger partial charge is 0.343 e. The van der Waals surface area contributed by atoms with E-state index in [1.165, 1.54) is 4.57 Å². The van der Waals surface area contributed by atoms with Crippen molar-refractivity contribution in [3.05, 3.63) is 34.2 Å². The summed E-state index contributed by atoms with van der Waals surface area (Å²) in [4.78, 5) is 24.1. The van der Waals surface area contributed by atoms with E-state index in [9.17, 15) is 9.59 Å². The number of hydrogen-bond donors (Lipinski definition) is 2. The van der Waals surface area contributed by atoms with Crippen LogP contribution in [0.2, 0.25) is 0 Å². The van der Waals surface area contributed by atoms with Crippen molar-refractivity contribution in [3.63, 3.8) is 0 Å². The summed E-state index contributed by atoms with van der Waals surface area (Å²) < 4.78 is 6.48. The number of carbonyl (C=O) groups is 1. The lowest BCUT2D eigenvalue weighted by molar-refractivity contribution is 0.0522. The molecule has 0 aliphatic rings. The first kappa shape index (κ1) is 15.2. The number of nitrogens with two attached hydrogens (primary N) is 1. The van der Waals surface area contributed by atoms with Crippen molar-refractivity contribution in [1.29, 1.82) is 0 Å². The van der Waals surface area contributed by atoms with Gasteiger partial charge in [0.1, 0.15) is 0 Å². The summed E-state index contributed by atoms with van der Waals surface area (Å²) in [5.74, 6) is -0.451. The predicted molar refractivity (Wildman–Crippen MR) is 79.5 cm³/mol. The zero-order valence-corrected chi connectivity index (χ0v) is 12.6. The number of benzene rings is 1. The SMILES string of the molecule is CCOC(=O)c1cccc(N)c1Sc1n[nH]c(=O)n1CC. The van der Waals surface area contributed by atoms with Gasteiger partial charge < -0.3 is 10.5 Å². The maximum Gasteiger partial charge on any atom is 0.343 e. The molecule has 112 valence electrons. The Balaban J connectivity index is 2.43. The molecule has 0 saturated heterocycles. The molecule has 0 aliphatic carbocycles. The molecule has 0 unspecified atom stereocenters. The highest BCUT2D eigenvalue weighted by atomic mass is 32.2. The van der Waals surface area contributed by atoms with Crippen molar-refractivity contribution in [3.8, 4) is 0 Å². The van der Waals surface area contributed by atoms with E-state index in [4.69, 9.17) is 10.5 Å². The van der Waals surface area contributed by atoms with Crippen LogP contribution in [0.3, 0.4) is 0 Å². The lowest BCUT2D eigenvalue weighted by Crippen LogP contribution is -2.16. The molecule has 0 spiro atoms. The summed E-state index contributed by atoms with van der Waals surface area (Å²) in [6, 6.07) is 5.01. The van der Waals surface area contributed by atoms with Crippen LogP contribution in [0.1, 0.15) is 24.2 Å². The average molecular weight is 308 g/mol. The molecule has 0 amide bonds. The quantitative estimate of drug-likeness (QED) is 0.641. The minimum absolute atomic E-state index is 0.278. The number of rotatable bonds is 5. The molecule has 1 heterocycles. The van der Waals surface area contributed by atoms with Crippen molar-refractivity contribution in [1.82, 2.24) is 14.8 Å². The molecule has 2 rings (SSSR count). The Kier molecular flexibility index (Phi) is 4.69. The normalized spacial score (nSPS) is 10.6. The van der Waals surface area contributed by atoms with Crippen LogP contribution in [0.4, 0.5) is 5.69 Å². The van der Waals surface area contributed by atoms with Gasteiger partial charge in [-0.2, -0.15) is 0 Å². The second-order valence-electron chi connectivity index (χ2n) is 4.10. The summed E-state index contributed by atoms with van der Waals surface area (Å²) in [7, 11) is 0. The number of hydrogen-bond acceptors (Lipinski definition) is 6. The maximum absolute atomic E-state index is 12.0. The number of H-pyrrole nitrogens is 1. The third-order valence-electron chi connectivity index (χ3n) is 2.77. The molecule has 0 saturated carbocycles. The van der Waals surface area contributed by atoms with Crippen LogP contribution in [-0.4, -0.2) is 27.3 Å².